The third-order valence-electron chi connectivity index (χ3n) is 3.79. The van der Waals surface area contributed by atoms with E-state index < -0.39 is 0 Å². The maximum atomic E-state index is 13.5. The Hall–Kier alpha value is -1.46. The molecule has 3 atom stereocenters. The number of amides is 1. The van der Waals surface area contributed by atoms with Crippen molar-refractivity contribution in [3.8, 4) is 0 Å². The summed E-state index contributed by atoms with van der Waals surface area (Å²) in [6.45, 7) is 4.25. The molecule has 1 aliphatic rings. The first-order chi connectivity index (χ1) is 9.51. The molecular formula is C15H21FN2O2. The monoisotopic (exact) mass is 280 g/mol. The summed E-state index contributed by atoms with van der Waals surface area (Å²) < 4.78 is 18.8. The summed E-state index contributed by atoms with van der Waals surface area (Å²) in [5, 5.41) is 6.03. The van der Waals surface area contributed by atoms with Crippen LogP contribution in [-0.4, -0.2) is 31.7 Å². The van der Waals surface area contributed by atoms with Gasteiger partial charge in [-0.3, -0.25) is 4.79 Å². The van der Waals surface area contributed by atoms with E-state index in [0.717, 1.165) is 5.56 Å². The molecule has 1 saturated heterocycles. The third-order valence-corrected chi connectivity index (χ3v) is 3.79. The van der Waals surface area contributed by atoms with Crippen LogP contribution in [0, 0.1) is 12.7 Å². The predicted molar refractivity (Wildman–Crippen MR) is 74.9 cm³/mol. The second-order valence-electron chi connectivity index (χ2n) is 5.29. The molecule has 1 heterocycles. The van der Waals surface area contributed by atoms with Crippen LogP contribution in [0.4, 0.5) is 4.39 Å². The number of benzene rings is 1. The van der Waals surface area contributed by atoms with Crippen molar-refractivity contribution >= 4 is 5.91 Å². The highest BCUT2D eigenvalue weighted by Gasteiger charge is 2.29. The molecule has 1 aromatic rings. The molecule has 0 aromatic heterocycles. The smallest absolute Gasteiger partial charge is 0.237 e. The first-order valence-electron chi connectivity index (χ1n) is 6.84. The lowest BCUT2D eigenvalue weighted by Gasteiger charge is -2.18. The van der Waals surface area contributed by atoms with E-state index in [0.29, 0.717) is 18.5 Å². The highest BCUT2D eigenvalue weighted by atomic mass is 19.1. The minimum absolute atomic E-state index is 0.0713. The normalized spacial score (nSPS) is 23.6. The van der Waals surface area contributed by atoms with Crippen LogP contribution in [-0.2, 0) is 9.53 Å². The Bertz CT molecular complexity index is 493. The van der Waals surface area contributed by atoms with E-state index in [-0.39, 0.29) is 29.9 Å². The van der Waals surface area contributed by atoms with Gasteiger partial charge in [0.1, 0.15) is 5.82 Å². The molecular weight excluding hydrogens is 259 g/mol. The molecule has 5 heteroatoms. The number of carbonyl (C=O) groups excluding carboxylic acids is 1. The number of rotatable bonds is 4. The lowest BCUT2D eigenvalue weighted by atomic mass is 10.1. The van der Waals surface area contributed by atoms with Crippen molar-refractivity contribution in [1.29, 1.82) is 0 Å². The largest absolute Gasteiger partial charge is 0.380 e. The van der Waals surface area contributed by atoms with Crippen LogP contribution in [0.25, 0.3) is 0 Å². The first kappa shape index (κ1) is 14.9. The summed E-state index contributed by atoms with van der Waals surface area (Å²) in [6, 6.07) is 4.57. The fourth-order valence-corrected chi connectivity index (χ4v) is 2.36. The summed E-state index contributed by atoms with van der Waals surface area (Å²) in [6.07, 6.45) is 0.745. The van der Waals surface area contributed by atoms with E-state index in [1.807, 2.05) is 13.0 Å². The molecule has 2 N–H and O–H groups in total. The van der Waals surface area contributed by atoms with Crippen LogP contribution in [0.2, 0.25) is 0 Å². The number of hydrogen-bond acceptors (Lipinski definition) is 3. The Balaban J connectivity index is 1.95. The standard InChI is InChI=1S/C15H21FN2O2/c1-9-4-5-11(6-13(9)16)10(2)18-15(19)14-7-12(20-3)8-17-14/h4-6,10,12,14,17H,7-8H2,1-3H3,(H,18,19). The van der Waals surface area contributed by atoms with Gasteiger partial charge in [0.2, 0.25) is 5.91 Å². The molecule has 110 valence electrons. The van der Waals surface area contributed by atoms with Crippen LogP contribution in [0.5, 0.6) is 0 Å². The average molecular weight is 280 g/mol. The van der Waals surface area contributed by atoms with Gasteiger partial charge in [0.15, 0.2) is 0 Å². The molecule has 1 fully saturated rings. The Labute approximate surface area is 118 Å². The maximum Gasteiger partial charge on any atom is 0.237 e. The molecule has 2 rings (SSSR count). The van der Waals surface area contributed by atoms with E-state index in [4.69, 9.17) is 4.74 Å². The molecule has 0 spiro atoms. The zero-order chi connectivity index (χ0) is 14.7. The highest BCUT2D eigenvalue weighted by molar-refractivity contribution is 5.82. The number of carbonyl (C=O) groups is 1. The topological polar surface area (TPSA) is 50.4 Å². The number of ether oxygens (including phenoxy) is 1. The molecule has 3 unspecified atom stereocenters. The quantitative estimate of drug-likeness (QED) is 0.882. The van der Waals surface area contributed by atoms with Gasteiger partial charge < -0.3 is 15.4 Å². The molecule has 0 aliphatic carbocycles. The summed E-state index contributed by atoms with van der Waals surface area (Å²) >= 11 is 0. The van der Waals surface area contributed by atoms with E-state index in [2.05, 4.69) is 10.6 Å². The minimum atomic E-state index is -0.248. The van der Waals surface area contributed by atoms with Gasteiger partial charge in [-0.15, -0.1) is 0 Å². The van der Waals surface area contributed by atoms with E-state index >= 15 is 0 Å². The van der Waals surface area contributed by atoms with Crippen molar-refractivity contribution in [2.45, 2.75) is 38.5 Å². The van der Waals surface area contributed by atoms with Gasteiger partial charge in [-0.25, -0.2) is 4.39 Å². The van der Waals surface area contributed by atoms with Crippen molar-refractivity contribution in [2.24, 2.45) is 0 Å². The fraction of sp³-hybridized carbons (Fsp3) is 0.533. The molecule has 20 heavy (non-hydrogen) atoms. The average Bonchev–Trinajstić information content (AvgIpc) is 2.90. The third kappa shape index (κ3) is 3.35. The van der Waals surface area contributed by atoms with Crippen LogP contribution >= 0.6 is 0 Å². The van der Waals surface area contributed by atoms with Crippen LogP contribution < -0.4 is 10.6 Å². The number of hydrogen-bond donors (Lipinski definition) is 2. The Kier molecular flexibility index (Phi) is 4.73. The molecule has 4 nitrogen and oxygen atoms in total. The summed E-state index contributed by atoms with van der Waals surface area (Å²) in [7, 11) is 1.64. The van der Waals surface area contributed by atoms with Gasteiger partial charge >= 0.3 is 0 Å². The van der Waals surface area contributed by atoms with E-state index in [1.165, 1.54) is 6.07 Å². The van der Waals surface area contributed by atoms with E-state index in [1.54, 1.807) is 20.1 Å². The Morgan fingerprint density at radius 3 is 2.90 bits per heavy atom. The zero-order valence-corrected chi connectivity index (χ0v) is 12.1. The molecule has 0 radical (unpaired) electrons. The highest BCUT2D eigenvalue weighted by Crippen LogP contribution is 2.17. The number of nitrogens with one attached hydrogen (secondary N) is 2. The van der Waals surface area contributed by atoms with Crippen molar-refractivity contribution in [3.63, 3.8) is 0 Å². The van der Waals surface area contributed by atoms with Crippen LogP contribution in [0.15, 0.2) is 18.2 Å². The second kappa shape index (κ2) is 6.33. The SMILES string of the molecule is COC1CNC(C(=O)NC(C)c2ccc(C)c(F)c2)C1. The van der Waals surface area contributed by atoms with E-state index in [9.17, 15) is 9.18 Å². The second-order valence-corrected chi connectivity index (χ2v) is 5.29. The number of aryl methyl sites for hydroxylation is 1. The predicted octanol–water partition coefficient (Wildman–Crippen LogP) is 1.69. The summed E-state index contributed by atoms with van der Waals surface area (Å²) in [5.74, 6) is -0.319. The Morgan fingerprint density at radius 2 is 2.30 bits per heavy atom. The fourth-order valence-electron chi connectivity index (χ4n) is 2.36. The van der Waals surface area contributed by atoms with Gasteiger partial charge in [0.05, 0.1) is 18.2 Å². The molecule has 1 aliphatic heterocycles. The minimum Gasteiger partial charge on any atom is -0.380 e. The van der Waals surface area contributed by atoms with Crippen molar-refractivity contribution in [3.05, 3.63) is 35.1 Å². The van der Waals surface area contributed by atoms with Gasteiger partial charge in [-0.05, 0) is 37.5 Å². The van der Waals surface area contributed by atoms with Crippen molar-refractivity contribution < 1.29 is 13.9 Å². The van der Waals surface area contributed by atoms with Crippen LogP contribution in [0.3, 0.4) is 0 Å². The Morgan fingerprint density at radius 1 is 1.55 bits per heavy atom. The van der Waals surface area contributed by atoms with Gasteiger partial charge in [-0.1, -0.05) is 12.1 Å². The number of halogens is 1. The first-order valence-corrected chi connectivity index (χ1v) is 6.84. The number of methoxy groups -OCH3 is 1. The molecule has 1 amide bonds. The lowest BCUT2D eigenvalue weighted by Crippen LogP contribution is -2.41. The maximum absolute atomic E-state index is 13.5. The molecule has 0 bridgehead atoms. The molecule has 0 saturated carbocycles. The van der Waals surface area contributed by atoms with Crippen molar-refractivity contribution in [2.75, 3.05) is 13.7 Å². The van der Waals surface area contributed by atoms with Gasteiger partial charge in [-0.2, -0.15) is 0 Å². The van der Waals surface area contributed by atoms with Gasteiger partial charge in [0.25, 0.3) is 0 Å². The van der Waals surface area contributed by atoms with Gasteiger partial charge in [0, 0.05) is 13.7 Å². The summed E-state index contributed by atoms with van der Waals surface area (Å²) in [5.41, 5.74) is 1.37. The lowest BCUT2D eigenvalue weighted by molar-refractivity contribution is -0.123. The van der Waals surface area contributed by atoms with Crippen molar-refractivity contribution in [1.82, 2.24) is 10.6 Å². The zero-order valence-electron chi connectivity index (χ0n) is 12.1. The van der Waals surface area contributed by atoms with Crippen LogP contribution in [0.1, 0.15) is 30.5 Å². The summed E-state index contributed by atoms with van der Waals surface area (Å²) in [4.78, 5) is 12.1. The molecule has 1 aromatic carbocycles.